The molecule has 118 valence electrons. The molecule has 1 aromatic heterocycles. The van der Waals surface area contributed by atoms with Crippen molar-refractivity contribution in [2.24, 2.45) is 4.99 Å². The second kappa shape index (κ2) is 7.75. The molecular formula is C18H14IN5. The van der Waals surface area contributed by atoms with Gasteiger partial charge in [0.25, 0.3) is 0 Å². The Kier molecular flexibility index (Phi) is 5.23. The number of H-pyrrole nitrogens is 1. The molecule has 0 spiro atoms. The second-order valence-electron chi connectivity index (χ2n) is 5.03. The molecule has 0 radical (unpaired) electrons. The van der Waals surface area contributed by atoms with Crippen LogP contribution in [0.25, 0.3) is 0 Å². The number of benzene rings is 2. The monoisotopic (exact) mass is 427 g/mol. The van der Waals surface area contributed by atoms with Gasteiger partial charge in [-0.15, -0.1) is 0 Å². The topological polar surface area (TPSA) is 76.9 Å². The highest BCUT2D eigenvalue weighted by Gasteiger charge is 2.12. The first-order valence-corrected chi connectivity index (χ1v) is 8.82. The second-order valence-corrected chi connectivity index (χ2v) is 5.80. The van der Waals surface area contributed by atoms with Gasteiger partial charge in [-0.1, -0.05) is 65.1 Å². The van der Waals surface area contributed by atoms with Crippen molar-refractivity contribution < 1.29 is 0 Å². The van der Waals surface area contributed by atoms with Crippen LogP contribution in [0, 0.1) is 11.3 Å². The van der Waals surface area contributed by atoms with Crippen molar-refractivity contribution in [2.45, 2.75) is 4.43 Å². The zero-order valence-electron chi connectivity index (χ0n) is 12.7. The molecule has 0 fully saturated rings. The molecule has 2 aromatic carbocycles. The number of anilines is 2. The minimum Gasteiger partial charge on any atom is -0.339 e. The zero-order chi connectivity index (χ0) is 16.8. The Balaban J connectivity index is 1.81. The maximum absolute atomic E-state index is 9.41. The van der Waals surface area contributed by atoms with Gasteiger partial charge in [0.1, 0.15) is 17.5 Å². The molecule has 0 atom stereocenters. The molecule has 0 aliphatic rings. The highest BCUT2D eigenvalue weighted by molar-refractivity contribution is 14.1. The number of halogens is 1. The number of hydrogen-bond acceptors (Lipinski definition) is 4. The normalized spacial score (nSPS) is 10.7. The molecule has 24 heavy (non-hydrogen) atoms. The summed E-state index contributed by atoms with van der Waals surface area (Å²) in [5, 5.41) is 19.5. The number of aliphatic imine (C=N–C) groups is 1. The van der Waals surface area contributed by atoms with Crippen LogP contribution < -0.4 is 5.32 Å². The first-order chi connectivity index (χ1) is 11.8. The van der Waals surface area contributed by atoms with Gasteiger partial charge in [-0.05, 0) is 23.3 Å². The predicted molar refractivity (Wildman–Crippen MR) is 104 cm³/mol. The number of aromatic amines is 1. The van der Waals surface area contributed by atoms with Gasteiger partial charge >= 0.3 is 0 Å². The van der Waals surface area contributed by atoms with Gasteiger partial charge in [0, 0.05) is 16.3 Å². The fraction of sp³-hybridized carbons (Fsp3) is 0.0556. The summed E-state index contributed by atoms with van der Waals surface area (Å²) in [6, 6.07) is 19.9. The summed E-state index contributed by atoms with van der Waals surface area (Å²) in [6.07, 6.45) is 1.71. The molecule has 3 aromatic rings. The Bertz CT molecular complexity index is 876. The van der Waals surface area contributed by atoms with Gasteiger partial charge in [0.15, 0.2) is 5.82 Å². The molecule has 3 rings (SSSR count). The maximum Gasteiger partial charge on any atom is 0.193 e. The Labute approximate surface area is 153 Å². The SMILES string of the molecule is N#Cc1c(N=Cc2ccc(CI)cc2)n[nH]c1Nc1ccccc1. The van der Waals surface area contributed by atoms with Crippen LogP contribution in [0.1, 0.15) is 16.7 Å². The first-order valence-electron chi connectivity index (χ1n) is 7.29. The molecule has 0 amide bonds. The summed E-state index contributed by atoms with van der Waals surface area (Å²) in [5.74, 6) is 0.907. The summed E-state index contributed by atoms with van der Waals surface area (Å²) in [4.78, 5) is 4.33. The molecule has 1 heterocycles. The fourth-order valence-corrected chi connectivity index (χ4v) is 2.63. The number of nitrogens with zero attached hydrogens (tertiary/aromatic N) is 3. The average Bonchev–Trinajstić information content (AvgIpc) is 3.02. The van der Waals surface area contributed by atoms with Gasteiger partial charge in [-0.25, -0.2) is 4.99 Å². The zero-order valence-corrected chi connectivity index (χ0v) is 14.9. The number of para-hydroxylation sites is 1. The number of hydrogen-bond donors (Lipinski definition) is 2. The molecule has 0 saturated heterocycles. The van der Waals surface area contributed by atoms with Gasteiger partial charge in [-0.3, -0.25) is 5.10 Å². The van der Waals surface area contributed by atoms with Crippen LogP contribution in [0.5, 0.6) is 0 Å². The molecular weight excluding hydrogens is 413 g/mol. The molecule has 0 aliphatic carbocycles. The summed E-state index contributed by atoms with van der Waals surface area (Å²) in [5.41, 5.74) is 3.49. The third kappa shape index (κ3) is 3.81. The number of nitriles is 1. The van der Waals surface area contributed by atoms with Gasteiger partial charge in [0.05, 0.1) is 0 Å². The van der Waals surface area contributed by atoms with Gasteiger partial charge < -0.3 is 5.32 Å². The van der Waals surface area contributed by atoms with Crippen molar-refractivity contribution in [3.63, 3.8) is 0 Å². The molecule has 0 saturated carbocycles. The fourth-order valence-electron chi connectivity index (χ4n) is 2.12. The van der Waals surface area contributed by atoms with Crippen LogP contribution in [-0.4, -0.2) is 16.4 Å². The standard InChI is InChI=1S/C18H14IN5/c19-10-13-6-8-14(9-7-13)12-21-17-16(11-20)18(24-23-17)22-15-4-2-1-3-5-15/h1-9,12H,10H2,(H2,22,23,24). The van der Waals surface area contributed by atoms with E-state index in [2.05, 4.69) is 61.3 Å². The molecule has 2 N–H and O–H groups in total. The summed E-state index contributed by atoms with van der Waals surface area (Å²) in [7, 11) is 0. The molecule has 0 bridgehead atoms. The van der Waals surface area contributed by atoms with E-state index in [4.69, 9.17) is 0 Å². The van der Waals surface area contributed by atoms with Gasteiger partial charge in [-0.2, -0.15) is 10.4 Å². The van der Waals surface area contributed by atoms with Crippen molar-refractivity contribution in [3.05, 3.63) is 71.3 Å². The van der Waals surface area contributed by atoms with Crippen molar-refractivity contribution in [3.8, 4) is 6.07 Å². The molecule has 0 unspecified atom stereocenters. The lowest BCUT2D eigenvalue weighted by atomic mass is 10.2. The largest absolute Gasteiger partial charge is 0.339 e. The van der Waals surface area contributed by atoms with Crippen LogP contribution >= 0.6 is 22.6 Å². The number of rotatable bonds is 5. The van der Waals surface area contributed by atoms with Gasteiger partial charge in [0.2, 0.25) is 0 Å². The quantitative estimate of drug-likeness (QED) is 0.352. The van der Waals surface area contributed by atoms with E-state index < -0.39 is 0 Å². The van der Waals surface area contributed by atoms with Crippen LogP contribution in [-0.2, 0) is 4.43 Å². The van der Waals surface area contributed by atoms with E-state index in [-0.39, 0.29) is 0 Å². The van der Waals surface area contributed by atoms with Crippen molar-refractivity contribution in [1.82, 2.24) is 10.2 Å². The molecule has 6 heteroatoms. The highest BCUT2D eigenvalue weighted by atomic mass is 127. The number of aromatic nitrogens is 2. The highest BCUT2D eigenvalue weighted by Crippen LogP contribution is 2.25. The minimum absolute atomic E-state index is 0.369. The van der Waals surface area contributed by atoms with E-state index in [0.29, 0.717) is 17.2 Å². The number of alkyl halides is 1. The van der Waals surface area contributed by atoms with Crippen LogP contribution in [0.15, 0.2) is 59.6 Å². The molecule has 0 aliphatic heterocycles. The summed E-state index contributed by atoms with van der Waals surface area (Å²) < 4.78 is 0.974. The lowest BCUT2D eigenvalue weighted by molar-refractivity contribution is 1.09. The third-order valence-electron chi connectivity index (χ3n) is 3.37. The van der Waals surface area contributed by atoms with Crippen LogP contribution in [0.4, 0.5) is 17.3 Å². The van der Waals surface area contributed by atoms with E-state index >= 15 is 0 Å². The Morgan fingerprint density at radius 1 is 1.17 bits per heavy atom. The van der Waals surface area contributed by atoms with Crippen molar-refractivity contribution in [1.29, 1.82) is 5.26 Å². The van der Waals surface area contributed by atoms with Crippen LogP contribution in [0.2, 0.25) is 0 Å². The Morgan fingerprint density at radius 3 is 2.58 bits per heavy atom. The van der Waals surface area contributed by atoms with Crippen LogP contribution in [0.3, 0.4) is 0 Å². The van der Waals surface area contributed by atoms with Crippen molar-refractivity contribution in [2.75, 3.05) is 5.32 Å². The van der Waals surface area contributed by atoms with E-state index in [9.17, 15) is 5.26 Å². The lowest BCUT2D eigenvalue weighted by Gasteiger charge is -2.02. The Hall–Kier alpha value is -2.66. The third-order valence-corrected chi connectivity index (χ3v) is 4.25. The maximum atomic E-state index is 9.41. The smallest absolute Gasteiger partial charge is 0.193 e. The average molecular weight is 427 g/mol. The minimum atomic E-state index is 0.369. The van der Waals surface area contributed by atoms with E-state index in [1.807, 2.05) is 42.5 Å². The summed E-state index contributed by atoms with van der Waals surface area (Å²) in [6.45, 7) is 0. The van der Waals surface area contributed by atoms with Crippen molar-refractivity contribution >= 4 is 46.1 Å². The predicted octanol–water partition coefficient (Wildman–Crippen LogP) is 4.71. The lowest BCUT2D eigenvalue weighted by Crippen LogP contribution is -1.92. The van der Waals surface area contributed by atoms with E-state index in [1.165, 1.54) is 5.56 Å². The Morgan fingerprint density at radius 2 is 1.92 bits per heavy atom. The van der Waals surface area contributed by atoms with E-state index in [0.717, 1.165) is 15.7 Å². The summed E-state index contributed by atoms with van der Waals surface area (Å²) >= 11 is 2.33. The first kappa shape index (κ1) is 16.2. The molecule has 5 nitrogen and oxygen atoms in total. The van der Waals surface area contributed by atoms with E-state index in [1.54, 1.807) is 6.21 Å². The number of nitrogens with one attached hydrogen (secondary N) is 2.